The molecule has 0 bridgehead atoms. The van der Waals surface area contributed by atoms with Crippen molar-refractivity contribution >= 4 is 55.1 Å². The van der Waals surface area contributed by atoms with E-state index < -0.39 is 0 Å². The van der Waals surface area contributed by atoms with Crippen LogP contribution >= 0.6 is 0 Å². The minimum Gasteiger partial charge on any atom is -1.00 e. The minimum absolute atomic E-state index is 0. The van der Waals surface area contributed by atoms with Crippen molar-refractivity contribution in [2.75, 3.05) is 0 Å². The molecule has 4 heavy (non-hydrogen) atoms. The van der Waals surface area contributed by atoms with Gasteiger partial charge in [-0.25, -0.2) is 0 Å². The third-order valence-corrected chi connectivity index (χ3v) is 0. The Bertz CT molecular complexity index is 14.9. The molecule has 0 aliphatic carbocycles. The zero-order valence-corrected chi connectivity index (χ0v) is 7.37. The zero-order chi connectivity index (χ0) is 0. The Kier molecular flexibility index (Phi) is 108. The second-order valence-electron chi connectivity index (χ2n) is 0. The van der Waals surface area contributed by atoms with Gasteiger partial charge in [0.25, 0.3) is 0 Å². The van der Waals surface area contributed by atoms with Gasteiger partial charge in [-0.05, 0) is 0 Å². The maximum atomic E-state index is 0. The molecule has 0 saturated carbocycles. The quantitative estimate of drug-likeness (QED) is 0.308. The van der Waals surface area contributed by atoms with Crippen LogP contribution in [-0.4, -0.2) is 55.1 Å². The zero-order valence-electron chi connectivity index (χ0n) is 5.06. The van der Waals surface area contributed by atoms with Crippen LogP contribution < -0.4 is 29.6 Å². The summed E-state index contributed by atoms with van der Waals surface area (Å²) in [7, 11) is 0. The van der Waals surface area contributed by atoms with Crippen LogP contribution in [0.1, 0.15) is 4.28 Å². The molecule has 0 saturated heterocycles. The van der Waals surface area contributed by atoms with Crippen molar-refractivity contribution < 1.29 is 50.9 Å². The van der Waals surface area contributed by atoms with E-state index in [1.54, 1.807) is 0 Å². The van der Waals surface area contributed by atoms with Gasteiger partial charge < -0.3 is 4.28 Å². The second-order valence-corrected chi connectivity index (χ2v) is 0. The summed E-state index contributed by atoms with van der Waals surface area (Å²) in [4.78, 5) is 0. The van der Waals surface area contributed by atoms with Gasteiger partial charge in [0.05, 0.1) is 0 Å². The van der Waals surface area contributed by atoms with E-state index >= 15 is 0 Å². The van der Waals surface area contributed by atoms with Crippen molar-refractivity contribution in [1.29, 1.82) is 0 Å². The van der Waals surface area contributed by atoms with Crippen molar-refractivity contribution in [3.05, 3.63) is 0 Å². The summed E-state index contributed by atoms with van der Waals surface area (Å²) >= 11 is 0. The molecule has 0 radical (unpaired) electrons. The van der Waals surface area contributed by atoms with Gasteiger partial charge >= 0.3 is 67.3 Å². The van der Waals surface area contributed by atoms with Gasteiger partial charge in [0, 0.05) is 17.1 Å². The number of hydrogen-bond acceptors (Lipinski definition) is 0. The molecule has 0 fully saturated rings. The first-order valence-corrected chi connectivity index (χ1v) is 0. The Morgan fingerprint density at radius 3 is 1.25 bits per heavy atom. The first-order valence-electron chi connectivity index (χ1n) is 0. The predicted molar refractivity (Wildman–Crippen MR) is 19.0 cm³/mol. The summed E-state index contributed by atoms with van der Waals surface area (Å²) in [5, 5.41) is 0. The molecule has 0 heterocycles. The summed E-state index contributed by atoms with van der Waals surface area (Å²) in [6, 6.07) is 0. The average Bonchev–Trinajstić information content (AvgIpc) is 0. The van der Waals surface area contributed by atoms with Crippen molar-refractivity contribution in [2.24, 2.45) is 0 Å². The fourth-order valence-electron chi connectivity index (χ4n) is 0. The number of rotatable bonds is 0. The average molecular weight is 152 g/mol. The Morgan fingerprint density at radius 2 is 1.25 bits per heavy atom. The first kappa shape index (κ1) is 26.6. The van der Waals surface area contributed by atoms with Crippen molar-refractivity contribution in [2.45, 2.75) is 0 Å². The summed E-state index contributed by atoms with van der Waals surface area (Å²) < 4.78 is 0. The molecule has 0 N–H and O–H groups in total. The van der Waals surface area contributed by atoms with E-state index in [-0.39, 0.29) is 106 Å². The van der Waals surface area contributed by atoms with E-state index in [0.29, 0.717) is 0 Å². The first-order chi connectivity index (χ1) is 0. The summed E-state index contributed by atoms with van der Waals surface area (Å²) in [6.07, 6.45) is 0. The maximum absolute atomic E-state index is 0. The molecule has 0 nitrogen and oxygen atoms in total. The third-order valence-electron chi connectivity index (χ3n) is 0. The van der Waals surface area contributed by atoms with Crippen molar-refractivity contribution in [3.8, 4) is 0 Å². The molecule has 0 spiro atoms. The Balaban J connectivity index is 0. The molecule has 0 atom stereocenters. The Morgan fingerprint density at radius 1 is 1.25 bits per heavy atom. The van der Waals surface area contributed by atoms with Crippen molar-refractivity contribution in [1.82, 2.24) is 0 Å². The van der Waals surface area contributed by atoms with Crippen LogP contribution in [0.5, 0.6) is 0 Å². The van der Waals surface area contributed by atoms with Crippen LogP contribution in [0.4, 0.5) is 0 Å². The van der Waals surface area contributed by atoms with Crippen LogP contribution in [0.25, 0.3) is 0 Å². The Hall–Kier alpha value is 3.31. The van der Waals surface area contributed by atoms with E-state index in [9.17, 15) is 0 Å². The van der Waals surface area contributed by atoms with E-state index in [2.05, 4.69) is 0 Å². The molecule has 20 valence electrons. The predicted octanol–water partition coefficient (Wildman–Crippen LogP) is -4.23. The van der Waals surface area contributed by atoms with Gasteiger partial charge in [-0.1, -0.05) is 0 Å². The largest absolute Gasteiger partial charge is 2.00 e. The van der Waals surface area contributed by atoms with Crippen LogP contribution in [0.3, 0.4) is 0 Å². The number of hydrogen-bond donors (Lipinski definition) is 0. The normalized spacial score (nSPS) is 0. The Labute approximate surface area is 104 Å². The summed E-state index contributed by atoms with van der Waals surface area (Å²) in [5.41, 5.74) is 0. The molecular weight excluding hydrogens is 146 g/mol. The standard InChI is InChI=1S/Al.Ca.Fe.Na.6H/q;+2;;+1;;;;3*-1. The van der Waals surface area contributed by atoms with Gasteiger partial charge in [0.1, 0.15) is 0 Å². The molecule has 0 unspecified atom stereocenters. The van der Waals surface area contributed by atoms with Crippen LogP contribution in [0.2, 0.25) is 0 Å². The van der Waals surface area contributed by atoms with Crippen molar-refractivity contribution in [3.63, 3.8) is 0 Å². The van der Waals surface area contributed by atoms with E-state index in [1.807, 2.05) is 0 Å². The van der Waals surface area contributed by atoms with E-state index in [4.69, 9.17) is 0 Å². The van der Waals surface area contributed by atoms with Gasteiger partial charge in [-0.2, -0.15) is 0 Å². The maximum Gasteiger partial charge on any atom is 2.00 e. The molecule has 0 aromatic carbocycles. The van der Waals surface area contributed by atoms with Gasteiger partial charge in [0.2, 0.25) is 0 Å². The molecular formula is H6AlCaFeNa. The summed E-state index contributed by atoms with van der Waals surface area (Å²) in [6.45, 7) is 0. The molecule has 0 aromatic rings. The topological polar surface area (TPSA) is 0 Å². The smallest absolute Gasteiger partial charge is 1.00 e. The second kappa shape index (κ2) is 16.2. The van der Waals surface area contributed by atoms with Gasteiger partial charge in [-0.15, -0.1) is 0 Å². The molecule has 0 rings (SSSR count). The molecule has 0 amide bonds. The van der Waals surface area contributed by atoms with Crippen LogP contribution in [-0.2, 0) is 17.1 Å². The fraction of sp³-hybridized carbons (Fsp3) is 0. The SMILES string of the molecule is [AlH3].[Ca+2].[Fe].[H-].[H-].[H-].[Na+]. The fourth-order valence-corrected chi connectivity index (χ4v) is 0. The molecule has 0 aliphatic heterocycles. The van der Waals surface area contributed by atoms with Crippen LogP contribution in [0.15, 0.2) is 0 Å². The van der Waals surface area contributed by atoms with E-state index in [0.717, 1.165) is 0 Å². The minimum atomic E-state index is 0. The molecule has 0 aromatic heterocycles. The molecule has 0 aliphatic rings. The third kappa shape index (κ3) is 9.00. The van der Waals surface area contributed by atoms with Gasteiger partial charge in [0.15, 0.2) is 17.4 Å². The monoisotopic (exact) mass is 152 g/mol. The molecule has 4 heteroatoms. The van der Waals surface area contributed by atoms with E-state index in [1.165, 1.54) is 0 Å². The summed E-state index contributed by atoms with van der Waals surface area (Å²) in [5.74, 6) is 0. The van der Waals surface area contributed by atoms with Crippen LogP contribution in [0, 0.1) is 0 Å². The van der Waals surface area contributed by atoms with Gasteiger partial charge in [-0.3, -0.25) is 0 Å².